The minimum absolute atomic E-state index is 0.140. The molecule has 2 heterocycles. The molecule has 3 rings (SSSR count). The summed E-state index contributed by atoms with van der Waals surface area (Å²) in [7, 11) is -4.26. The molecule has 0 atom stereocenters. The Hall–Kier alpha value is -1.88. The van der Waals surface area contributed by atoms with Crippen molar-refractivity contribution in [1.82, 2.24) is 9.71 Å². The van der Waals surface area contributed by atoms with Crippen LogP contribution in [0, 0.1) is 6.92 Å². The van der Waals surface area contributed by atoms with Gasteiger partial charge in [-0.1, -0.05) is 11.6 Å². The molecule has 0 bridgehead atoms. The van der Waals surface area contributed by atoms with Crippen LogP contribution in [0.15, 0.2) is 45.9 Å². The van der Waals surface area contributed by atoms with Gasteiger partial charge in [0, 0.05) is 11.4 Å². The second-order valence-corrected chi connectivity index (χ2v) is 8.70. The quantitative estimate of drug-likeness (QED) is 0.619. The zero-order chi connectivity index (χ0) is 19.8. The highest BCUT2D eigenvalue weighted by atomic mass is 35.5. The van der Waals surface area contributed by atoms with Crippen molar-refractivity contribution < 1.29 is 26.0 Å². The number of nitrogens with zero attached hydrogens (tertiary/aromatic N) is 1. The maximum atomic E-state index is 12.9. The third-order valence-corrected chi connectivity index (χ3v) is 6.65. The fraction of sp³-hybridized carbons (Fsp3) is 0.188. The summed E-state index contributed by atoms with van der Waals surface area (Å²) in [5.74, 6) is 0.540. The molecule has 0 spiro atoms. The highest BCUT2D eigenvalue weighted by molar-refractivity contribution is 7.89. The molecule has 0 aliphatic carbocycles. The van der Waals surface area contributed by atoms with Crippen LogP contribution < -0.4 is 4.72 Å². The molecule has 0 radical (unpaired) electrons. The first kappa shape index (κ1) is 19.9. The van der Waals surface area contributed by atoms with E-state index in [2.05, 4.69) is 9.71 Å². The largest absolute Gasteiger partial charge is 0.462 e. The van der Waals surface area contributed by atoms with Crippen LogP contribution in [-0.2, 0) is 22.7 Å². The summed E-state index contributed by atoms with van der Waals surface area (Å²) in [4.78, 5) is 4.28. The van der Waals surface area contributed by atoms with E-state index in [1.54, 1.807) is 19.1 Å². The Kier molecular flexibility index (Phi) is 5.35. The van der Waals surface area contributed by atoms with Crippen molar-refractivity contribution in [3.8, 4) is 10.8 Å². The van der Waals surface area contributed by atoms with E-state index in [9.17, 15) is 21.6 Å². The third kappa shape index (κ3) is 4.34. The van der Waals surface area contributed by atoms with Crippen LogP contribution in [0.1, 0.15) is 16.1 Å². The van der Waals surface area contributed by atoms with Gasteiger partial charge in [0.15, 0.2) is 10.8 Å². The van der Waals surface area contributed by atoms with Gasteiger partial charge in [0.25, 0.3) is 0 Å². The molecule has 11 heteroatoms. The Balaban J connectivity index is 1.84. The minimum Gasteiger partial charge on any atom is -0.462 e. The fourth-order valence-corrected chi connectivity index (χ4v) is 4.80. The van der Waals surface area contributed by atoms with E-state index in [4.69, 9.17) is 16.0 Å². The first-order chi connectivity index (χ1) is 12.6. The lowest BCUT2D eigenvalue weighted by atomic mass is 10.2. The van der Waals surface area contributed by atoms with Crippen LogP contribution in [0.4, 0.5) is 13.2 Å². The molecule has 1 aromatic carbocycles. The maximum Gasteiger partial charge on any atom is 0.416 e. The van der Waals surface area contributed by atoms with Gasteiger partial charge in [-0.3, -0.25) is 0 Å². The lowest BCUT2D eigenvalue weighted by molar-refractivity contribution is -0.137. The molecule has 0 aliphatic heterocycles. The summed E-state index contributed by atoms with van der Waals surface area (Å²) in [6, 6.07) is 5.56. The first-order valence-corrected chi connectivity index (χ1v) is 10.1. The number of aromatic nitrogens is 1. The molecule has 0 fully saturated rings. The van der Waals surface area contributed by atoms with Crippen LogP contribution >= 0.6 is 22.9 Å². The van der Waals surface area contributed by atoms with Crippen LogP contribution in [0.5, 0.6) is 0 Å². The van der Waals surface area contributed by atoms with E-state index in [0.717, 1.165) is 12.1 Å². The number of hydrogen-bond donors (Lipinski definition) is 1. The molecule has 0 saturated carbocycles. The van der Waals surface area contributed by atoms with E-state index in [1.165, 1.54) is 17.6 Å². The standard InChI is InChI=1S/C16H12ClF3N2O3S2/c1-9-13(26-15(22-9)12-3-2-6-25-12)8-21-27(23,24)14-7-10(16(18,19)20)4-5-11(14)17/h2-7,21H,8H2,1H3. The highest BCUT2D eigenvalue weighted by Crippen LogP contribution is 2.34. The van der Waals surface area contributed by atoms with Crippen molar-refractivity contribution in [3.63, 3.8) is 0 Å². The van der Waals surface area contributed by atoms with E-state index in [-0.39, 0.29) is 11.6 Å². The SMILES string of the molecule is Cc1nc(-c2ccco2)sc1CNS(=O)(=O)c1cc(C(F)(F)F)ccc1Cl. The smallest absolute Gasteiger partial charge is 0.416 e. The molecule has 1 N–H and O–H groups in total. The Morgan fingerprint density at radius 1 is 1.30 bits per heavy atom. The first-order valence-electron chi connectivity index (χ1n) is 7.44. The van der Waals surface area contributed by atoms with E-state index >= 15 is 0 Å². The minimum atomic E-state index is -4.68. The molecular formula is C16H12ClF3N2O3S2. The molecule has 0 aliphatic rings. The molecule has 5 nitrogen and oxygen atoms in total. The van der Waals surface area contributed by atoms with Crippen molar-refractivity contribution in [2.75, 3.05) is 0 Å². The molecule has 144 valence electrons. The molecule has 0 saturated heterocycles. The van der Waals surface area contributed by atoms with Crippen LogP contribution in [0.25, 0.3) is 10.8 Å². The number of aryl methyl sites for hydroxylation is 1. The number of nitrogens with one attached hydrogen (secondary N) is 1. The van der Waals surface area contributed by atoms with Crippen molar-refractivity contribution in [3.05, 3.63) is 57.8 Å². The summed E-state index contributed by atoms with van der Waals surface area (Å²) >= 11 is 7.03. The maximum absolute atomic E-state index is 12.9. The summed E-state index contributed by atoms with van der Waals surface area (Å²) in [6.45, 7) is 1.56. The van der Waals surface area contributed by atoms with Gasteiger partial charge < -0.3 is 4.42 Å². The van der Waals surface area contributed by atoms with E-state index in [1.807, 2.05) is 0 Å². The zero-order valence-electron chi connectivity index (χ0n) is 13.7. The summed E-state index contributed by atoms with van der Waals surface area (Å²) in [5.41, 5.74) is -0.509. The van der Waals surface area contributed by atoms with Gasteiger partial charge in [0.05, 0.1) is 22.5 Å². The van der Waals surface area contributed by atoms with Gasteiger partial charge in [0.1, 0.15) is 4.90 Å². The lowest BCUT2D eigenvalue weighted by Crippen LogP contribution is -2.24. The number of furan rings is 1. The van der Waals surface area contributed by atoms with Crippen LogP contribution in [-0.4, -0.2) is 13.4 Å². The van der Waals surface area contributed by atoms with Crippen molar-refractivity contribution >= 4 is 33.0 Å². The number of hydrogen-bond acceptors (Lipinski definition) is 5. The molecule has 0 unspecified atom stereocenters. The van der Waals surface area contributed by atoms with Gasteiger partial charge >= 0.3 is 6.18 Å². The Labute approximate surface area is 161 Å². The topological polar surface area (TPSA) is 72.2 Å². The summed E-state index contributed by atoms with van der Waals surface area (Å²) < 4.78 is 71.0. The summed E-state index contributed by atoms with van der Waals surface area (Å²) in [5, 5.41) is 0.275. The van der Waals surface area contributed by atoms with E-state index in [0.29, 0.717) is 27.4 Å². The number of alkyl halides is 3. The van der Waals surface area contributed by atoms with Gasteiger partial charge in [-0.05, 0) is 37.3 Å². The fourth-order valence-electron chi connectivity index (χ4n) is 2.22. The average molecular weight is 437 g/mol. The molecule has 0 amide bonds. The van der Waals surface area contributed by atoms with Crippen LogP contribution in [0.3, 0.4) is 0 Å². The molecule has 3 aromatic rings. The third-order valence-electron chi connectivity index (χ3n) is 3.60. The van der Waals surface area contributed by atoms with Crippen molar-refractivity contribution in [2.45, 2.75) is 24.5 Å². The number of benzene rings is 1. The molecular weight excluding hydrogens is 425 g/mol. The average Bonchev–Trinajstić information content (AvgIpc) is 3.21. The predicted octanol–water partition coefficient (Wildman–Crippen LogP) is 4.86. The van der Waals surface area contributed by atoms with Gasteiger partial charge in [0.2, 0.25) is 10.0 Å². The van der Waals surface area contributed by atoms with Gasteiger partial charge in [-0.2, -0.15) is 13.2 Å². The summed E-state index contributed by atoms with van der Waals surface area (Å²) in [6.07, 6.45) is -3.19. The normalized spacial score (nSPS) is 12.5. The molecule has 2 aromatic heterocycles. The van der Waals surface area contributed by atoms with Gasteiger partial charge in [-0.25, -0.2) is 18.1 Å². The Morgan fingerprint density at radius 3 is 2.67 bits per heavy atom. The lowest BCUT2D eigenvalue weighted by Gasteiger charge is -2.11. The number of sulfonamides is 1. The predicted molar refractivity (Wildman–Crippen MR) is 95.0 cm³/mol. The monoisotopic (exact) mass is 436 g/mol. The molecule has 27 heavy (non-hydrogen) atoms. The van der Waals surface area contributed by atoms with Crippen molar-refractivity contribution in [1.29, 1.82) is 0 Å². The number of rotatable bonds is 5. The Morgan fingerprint density at radius 2 is 2.04 bits per heavy atom. The highest BCUT2D eigenvalue weighted by Gasteiger charge is 2.32. The van der Waals surface area contributed by atoms with Crippen LogP contribution in [0.2, 0.25) is 5.02 Å². The van der Waals surface area contributed by atoms with E-state index < -0.39 is 26.7 Å². The second kappa shape index (κ2) is 7.27. The Bertz CT molecular complexity index is 1060. The second-order valence-electron chi connectivity index (χ2n) is 5.47. The number of thiazole rings is 1. The zero-order valence-corrected chi connectivity index (χ0v) is 16.1. The van der Waals surface area contributed by atoms with Crippen molar-refractivity contribution in [2.24, 2.45) is 0 Å². The van der Waals surface area contributed by atoms with Gasteiger partial charge in [-0.15, -0.1) is 11.3 Å². The number of halogens is 4.